The van der Waals surface area contributed by atoms with Gasteiger partial charge in [0, 0.05) is 37.3 Å². The number of carbonyl (C=O) groups is 3. The van der Waals surface area contributed by atoms with E-state index < -0.39 is 29.2 Å². The van der Waals surface area contributed by atoms with Crippen molar-refractivity contribution in [3.63, 3.8) is 0 Å². The Labute approximate surface area is 170 Å². The number of aryl methyl sites for hydroxylation is 1. The molecular formula is C19H20N2O7S. The van der Waals surface area contributed by atoms with Crippen LogP contribution >= 0.6 is 11.3 Å². The number of methoxy groups -OCH3 is 1. The van der Waals surface area contributed by atoms with Crippen LogP contribution in [0.15, 0.2) is 29.1 Å². The van der Waals surface area contributed by atoms with Crippen LogP contribution in [0.4, 0.5) is 4.79 Å². The van der Waals surface area contributed by atoms with Gasteiger partial charge in [-0.2, -0.15) is 0 Å². The maximum Gasteiger partial charge on any atom is 0.415 e. The minimum Gasteiger partial charge on any atom is -0.507 e. The van der Waals surface area contributed by atoms with Crippen molar-refractivity contribution in [2.75, 3.05) is 20.3 Å². The summed E-state index contributed by atoms with van der Waals surface area (Å²) < 4.78 is 10.7. The average molecular weight is 420 g/mol. The highest BCUT2D eigenvalue weighted by molar-refractivity contribution is 7.14. The molecule has 0 fully saturated rings. The van der Waals surface area contributed by atoms with Gasteiger partial charge in [-0.15, -0.1) is 11.3 Å². The van der Waals surface area contributed by atoms with Crippen LogP contribution in [0, 0.1) is 6.92 Å². The van der Waals surface area contributed by atoms with Crippen molar-refractivity contribution < 1.29 is 29.0 Å². The van der Waals surface area contributed by atoms with Crippen LogP contribution in [0.5, 0.6) is 5.75 Å². The standard InChI is InChI=1S/C19H20N2O7S/c1-11-10-14(23)16(17(24)21(11)2)13(22)6-4-12-5-7-15(29-12)18(25)28-19(26)20-8-9-27-3/h4-7,10,23H,8-9H2,1-3H3,(H,20,26). The Hall–Kier alpha value is -3.24. The van der Waals surface area contributed by atoms with Gasteiger partial charge in [-0.1, -0.05) is 0 Å². The molecule has 0 aliphatic carbocycles. The number of amides is 1. The number of ketones is 1. The summed E-state index contributed by atoms with van der Waals surface area (Å²) in [7, 11) is 2.97. The second-order valence-electron chi connectivity index (χ2n) is 5.91. The van der Waals surface area contributed by atoms with Crippen molar-refractivity contribution in [3.05, 3.63) is 55.6 Å². The summed E-state index contributed by atoms with van der Waals surface area (Å²) >= 11 is 0.998. The number of allylic oxidation sites excluding steroid dienone is 1. The molecular weight excluding hydrogens is 400 g/mol. The molecule has 0 spiro atoms. The number of aromatic nitrogens is 1. The van der Waals surface area contributed by atoms with Crippen LogP contribution < -0.4 is 10.9 Å². The Morgan fingerprint density at radius 3 is 2.72 bits per heavy atom. The van der Waals surface area contributed by atoms with Gasteiger partial charge in [0.05, 0.1) is 6.61 Å². The lowest BCUT2D eigenvalue weighted by molar-refractivity contribution is 0.0623. The average Bonchev–Trinajstić information content (AvgIpc) is 3.14. The third kappa shape index (κ3) is 5.62. The summed E-state index contributed by atoms with van der Waals surface area (Å²) in [5.74, 6) is -1.89. The number of hydrogen-bond donors (Lipinski definition) is 2. The van der Waals surface area contributed by atoms with Crippen LogP contribution in [0.2, 0.25) is 0 Å². The number of carbonyl (C=O) groups excluding carboxylic acids is 3. The molecule has 1 amide bonds. The number of esters is 1. The number of pyridine rings is 1. The molecule has 0 unspecified atom stereocenters. The van der Waals surface area contributed by atoms with Crippen LogP contribution in [0.1, 0.15) is 30.6 Å². The quantitative estimate of drug-likeness (QED) is 0.230. The van der Waals surface area contributed by atoms with E-state index in [4.69, 9.17) is 4.74 Å². The number of hydrogen-bond acceptors (Lipinski definition) is 8. The minimum absolute atomic E-state index is 0.160. The normalized spacial score (nSPS) is 10.9. The van der Waals surface area contributed by atoms with E-state index in [-0.39, 0.29) is 23.6 Å². The maximum atomic E-state index is 12.3. The summed E-state index contributed by atoms with van der Waals surface area (Å²) in [6, 6.07) is 4.34. The van der Waals surface area contributed by atoms with Crippen molar-refractivity contribution in [3.8, 4) is 5.75 Å². The molecule has 0 radical (unpaired) electrons. The van der Waals surface area contributed by atoms with Gasteiger partial charge >= 0.3 is 12.1 Å². The molecule has 2 aromatic heterocycles. The van der Waals surface area contributed by atoms with Crippen LogP contribution in [0.25, 0.3) is 6.08 Å². The Morgan fingerprint density at radius 2 is 2.03 bits per heavy atom. The first-order valence-electron chi connectivity index (χ1n) is 8.45. The van der Waals surface area contributed by atoms with Crippen LogP contribution in [-0.2, 0) is 16.5 Å². The molecule has 2 heterocycles. The third-order valence-electron chi connectivity index (χ3n) is 3.88. The summed E-state index contributed by atoms with van der Waals surface area (Å²) in [5, 5.41) is 12.3. The highest BCUT2D eigenvalue weighted by Crippen LogP contribution is 2.20. The molecule has 0 aliphatic heterocycles. The molecule has 0 atom stereocenters. The van der Waals surface area contributed by atoms with Gasteiger partial charge in [0.15, 0.2) is 5.78 Å². The molecule has 0 saturated heterocycles. The second kappa shape index (κ2) is 9.80. The fraction of sp³-hybridized carbons (Fsp3) is 0.263. The van der Waals surface area contributed by atoms with E-state index in [0.717, 1.165) is 17.4 Å². The summed E-state index contributed by atoms with van der Waals surface area (Å²) in [6.07, 6.45) is 1.64. The fourth-order valence-corrected chi connectivity index (χ4v) is 3.04. The van der Waals surface area contributed by atoms with Gasteiger partial charge in [-0.25, -0.2) is 9.59 Å². The zero-order valence-electron chi connectivity index (χ0n) is 16.1. The summed E-state index contributed by atoms with van der Waals surface area (Å²) in [6.45, 7) is 2.12. The lowest BCUT2D eigenvalue weighted by atomic mass is 10.1. The molecule has 10 heteroatoms. The lowest BCUT2D eigenvalue weighted by Gasteiger charge is -2.07. The molecule has 0 aromatic carbocycles. The summed E-state index contributed by atoms with van der Waals surface area (Å²) in [5.41, 5.74) is -0.425. The molecule has 0 bridgehead atoms. The van der Waals surface area contributed by atoms with Crippen molar-refractivity contribution in [2.45, 2.75) is 6.92 Å². The van der Waals surface area contributed by atoms with E-state index in [2.05, 4.69) is 10.1 Å². The van der Waals surface area contributed by atoms with Gasteiger partial charge in [0.2, 0.25) is 0 Å². The minimum atomic E-state index is -0.890. The molecule has 9 nitrogen and oxygen atoms in total. The molecule has 2 rings (SSSR count). The Bertz CT molecular complexity index is 1020. The Kier molecular flexibility index (Phi) is 7.46. The van der Waals surface area contributed by atoms with Crippen molar-refractivity contribution in [1.82, 2.24) is 9.88 Å². The third-order valence-corrected chi connectivity index (χ3v) is 4.91. The van der Waals surface area contributed by atoms with Crippen molar-refractivity contribution in [1.29, 1.82) is 0 Å². The topological polar surface area (TPSA) is 124 Å². The van der Waals surface area contributed by atoms with Crippen molar-refractivity contribution >= 4 is 35.3 Å². The zero-order valence-corrected chi connectivity index (χ0v) is 16.9. The zero-order chi connectivity index (χ0) is 21.6. The van der Waals surface area contributed by atoms with Gasteiger partial charge in [0.25, 0.3) is 5.56 Å². The first-order valence-corrected chi connectivity index (χ1v) is 9.27. The van der Waals surface area contributed by atoms with Crippen molar-refractivity contribution in [2.24, 2.45) is 7.05 Å². The van der Waals surface area contributed by atoms with Gasteiger partial charge in [0.1, 0.15) is 16.2 Å². The predicted octanol–water partition coefficient (Wildman–Crippen LogP) is 1.87. The first kappa shape index (κ1) is 22.1. The Morgan fingerprint density at radius 1 is 1.31 bits per heavy atom. The predicted molar refractivity (Wildman–Crippen MR) is 106 cm³/mol. The molecule has 154 valence electrons. The number of alkyl carbamates (subject to hydrolysis) is 1. The largest absolute Gasteiger partial charge is 0.507 e. The molecule has 2 N–H and O–H groups in total. The monoisotopic (exact) mass is 420 g/mol. The molecule has 29 heavy (non-hydrogen) atoms. The van der Waals surface area contributed by atoms with E-state index in [1.165, 1.54) is 36.9 Å². The van der Waals surface area contributed by atoms with E-state index in [9.17, 15) is 24.3 Å². The number of thiophene rings is 1. The van der Waals surface area contributed by atoms with E-state index >= 15 is 0 Å². The van der Waals surface area contributed by atoms with Crippen LogP contribution in [0.3, 0.4) is 0 Å². The highest BCUT2D eigenvalue weighted by Gasteiger charge is 2.17. The number of nitrogens with zero attached hydrogens (tertiary/aromatic N) is 1. The smallest absolute Gasteiger partial charge is 0.415 e. The summed E-state index contributed by atoms with van der Waals surface area (Å²) in [4.78, 5) is 48.6. The number of aromatic hydroxyl groups is 1. The number of rotatable bonds is 7. The maximum absolute atomic E-state index is 12.3. The fourth-order valence-electron chi connectivity index (χ4n) is 2.25. The molecule has 2 aromatic rings. The number of nitrogens with one attached hydrogen (secondary N) is 1. The molecule has 0 aliphatic rings. The SMILES string of the molecule is COCCNC(=O)OC(=O)c1ccc(C=CC(=O)c2c(O)cc(C)n(C)c2=O)s1. The highest BCUT2D eigenvalue weighted by atomic mass is 32.1. The number of ether oxygens (including phenoxy) is 2. The molecule has 0 saturated carbocycles. The van der Waals surface area contributed by atoms with Gasteiger partial charge in [-0.3, -0.25) is 9.59 Å². The Balaban J connectivity index is 2.06. The first-order chi connectivity index (χ1) is 13.7. The van der Waals surface area contributed by atoms with E-state index in [0.29, 0.717) is 10.6 Å². The van der Waals surface area contributed by atoms with Crippen LogP contribution in [-0.4, -0.2) is 47.8 Å². The lowest BCUT2D eigenvalue weighted by Crippen LogP contribution is -2.29. The van der Waals surface area contributed by atoms with E-state index in [1.807, 2.05) is 0 Å². The van der Waals surface area contributed by atoms with Gasteiger partial charge in [-0.05, 0) is 31.2 Å². The second-order valence-corrected chi connectivity index (χ2v) is 7.02. The van der Waals surface area contributed by atoms with E-state index in [1.54, 1.807) is 13.0 Å². The van der Waals surface area contributed by atoms with Gasteiger partial charge < -0.3 is 24.5 Å².